The van der Waals surface area contributed by atoms with Crippen LogP contribution >= 0.6 is 0 Å². The lowest BCUT2D eigenvalue weighted by atomic mass is 10.1. The molecule has 0 unspecified atom stereocenters. The first-order chi connectivity index (χ1) is 14.3. The maximum absolute atomic E-state index is 12.4. The Kier molecular flexibility index (Phi) is 6.83. The predicted octanol–water partition coefficient (Wildman–Crippen LogP) is 4.40. The quantitative estimate of drug-likeness (QED) is 0.700. The number of likely N-dealkylation sites (tertiary alicyclic amines) is 2. The number of ether oxygens (including phenoxy) is 1. The molecule has 0 radical (unpaired) electrons. The van der Waals surface area contributed by atoms with Gasteiger partial charge in [0.05, 0.1) is 0 Å². The normalized spacial score (nSPS) is 18.1. The highest BCUT2D eigenvalue weighted by Crippen LogP contribution is 2.21. The van der Waals surface area contributed by atoms with Crippen LogP contribution in [0.15, 0.2) is 54.6 Å². The zero-order chi connectivity index (χ0) is 19.9. The molecule has 2 heterocycles. The van der Waals surface area contributed by atoms with Crippen molar-refractivity contribution in [2.24, 2.45) is 0 Å². The van der Waals surface area contributed by atoms with Crippen molar-refractivity contribution in [1.82, 2.24) is 9.80 Å². The van der Waals surface area contributed by atoms with Gasteiger partial charge in [-0.3, -0.25) is 4.79 Å². The van der Waals surface area contributed by atoms with Crippen LogP contribution in [0.2, 0.25) is 0 Å². The van der Waals surface area contributed by atoms with E-state index in [1.54, 1.807) is 0 Å². The van der Waals surface area contributed by atoms with Crippen molar-refractivity contribution >= 4 is 5.91 Å². The van der Waals surface area contributed by atoms with Crippen LogP contribution < -0.4 is 4.74 Å². The van der Waals surface area contributed by atoms with E-state index in [4.69, 9.17) is 4.74 Å². The average Bonchev–Trinajstić information content (AvgIpc) is 3.31. The van der Waals surface area contributed by atoms with E-state index < -0.39 is 0 Å². The second-order valence-electron chi connectivity index (χ2n) is 8.27. The van der Waals surface area contributed by atoms with Gasteiger partial charge in [-0.05, 0) is 74.9 Å². The van der Waals surface area contributed by atoms with E-state index in [2.05, 4.69) is 35.2 Å². The molecular formula is C25H32N2O2. The zero-order valence-electron chi connectivity index (χ0n) is 17.3. The van der Waals surface area contributed by atoms with Gasteiger partial charge in [0.15, 0.2) is 0 Å². The molecule has 2 fully saturated rings. The number of nitrogens with zero attached hydrogens (tertiary/aromatic N) is 2. The van der Waals surface area contributed by atoms with E-state index >= 15 is 0 Å². The number of carbonyl (C=O) groups is 1. The predicted molar refractivity (Wildman–Crippen MR) is 116 cm³/mol. The molecule has 0 aromatic heterocycles. The van der Waals surface area contributed by atoms with Crippen molar-refractivity contribution in [3.05, 3.63) is 65.7 Å². The molecule has 29 heavy (non-hydrogen) atoms. The molecule has 0 spiro atoms. The van der Waals surface area contributed by atoms with Crippen molar-refractivity contribution in [3.8, 4) is 5.75 Å². The van der Waals surface area contributed by atoms with Crippen LogP contribution in [0.25, 0.3) is 0 Å². The molecule has 0 N–H and O–H groups in total. The first-order valence-corrected chi connectivity index (χ1v) is 11.1. The van der Waals surface area contributed by atoms with Crippen molar-refractivity contribution in [3.63, 3.8) is 0 Å². The van der Waals surface area contributed by atoms with Gasteiger partial charge in [-0.25, -0.2) is 0 Å². The number of rotatable bonds is 7. The summed E-state index contributed by atoms with van der Waals surface area (Å²) in [5.74, 6) is 1.03. The van der Waals surface area contributed by atoms with Gasteiger partial charge < -0.3 is 14.5 Å². The molecule has 0 atom stereocenters. The molecule has 0 aliphatic carbocycles. The van der Waals surface area contributed by atoms with Crippen LogP contribution in [0.4, 0.5) is 0 Å². The minimum Gasteiger partial charge on any atom is -0.490 e. The van der Waals surface area contributed by atoms with Gasteiger partial charge in [0.1, 0.15) is 11.9 Å². The van der Waals surface area contributed by atoms with Gasteiger partial charge in [-0.1, -0.05) is 30.3 Å². The van der Waals surface area contributed by atoms with E-state index in [1.165, 1.54) is 12.0 Å². The molecule has 2 aromatic rings. The highest BCUT2D eigenvalue weighted by atomic mass is 16.5. The van der Waals surface area contributed by atoms with Crippen LogP contribution in [-0.2, 0) is 6.42 Å². The summed E-state index contributed by atoms with van der Waals surface area (Å²) < 4.78 is 6.19. The van der Waals surface area contributed by atoms with Crippen molar-refractivity contribution in [1.29, 1.82) is 0 Å². The van der Waals surface area contributed by atoms with Gasteiger partial charge >= 0.3 is 0 Å². The molecule has 4 rings (SSSR count). The maximum Gasteiger partial charge on any atom is 0.253 e. The van der Waals surface area contributed by atoms with Gasteiger partial charge in [0, 0.05) is 31.7 Å². The third-order valence-corrected chi connectivity index (χ3v) is 6.11. The smallest absolute Gasteiger partial charge is 0.253 e. The highest BCUT2D eigenvalue weighted by molar-refractivity contribution is 5.94. The lowest BCUT2D eigenvalue weighted by molar-refractivity contribution is 0.0792. The Hall–Kier alpha value is -2.33. The third kappa shape index (κ3) is 5.60. The first-order valence-electron chi connectivity index (χ1n) is 11.1. The van der Waals surface area contributed by atoms with Crippen LogP contribution in [0.3, 0.4) is 0 Å². The number of amides is 1. The Labute approximate surface area is 174 Å². The number of hydrogen-bond acceptors (Lipinski definition) is 3. The summed E-state index contributed by atoms with van der Waals surface area (Å²) in [6, 6.07) is 18.5. The SMILES string of the molecule is O=C(c1ccc(OC2CCN(CCCc3ccccc3)CC2)cc1)N1CCCC1. The fourth-order valence-corrected chi connectivity index (χ4v) is 4.37. The molecule has 0 saturated carbocycles. The Bertz CT molecular complexity index is 761. The molecule has 154 valence electrons. The summed E-state index contributed by atoms with van der Waals surface area (Å²) in [4.78, 5) is 16.9. The third-order valence-electron chi connectivity index (χ3n) is 6.11. The summed E-state index contributed by atoms with van der Waals surface area (Å²) in [6.45, 7) is 5.15. The van der Waals surface area contributed by atoms with E-state index in [0.29, 0.717) is 0 Å². The van der Waals surface area contributed by atoms with Crippen molar-refractivity contribution in [2.75, 3.05) is 32.7 Å². The van der Waals surface area contributed by atoms with Gasteiger partial charge in [0.2, 0.25) is 0 Å². The van der Waals surface area contributed by atoms with Crippen LogP contribution in [0, 0.1) is 0 Å². The lowest BCUT2D eigenvalue weighted by Gasteiger charge is -2.32. The van der Waals surface area contributed by atoms with Crippen molar-refractivity contribution < 1.29 is 9.53 Å². The topological polar surface area (TPSA) is 32.8 Å². The van der Waals surface area contributed by atoms with E-state index in [0.717, 1.165) is 76.1 Å². The molecule has 0 bridgehead atoms. The van der Waals surface area contributed by atoms with Crippen molar-refractivity contribution in [2.45, 2.75) is 44.6 Å². The summed E-state index contributed by atoms with van der Waals surface area (Å²) >= 11 is 0. The summed E-state index contributed by atoms with van der Waals surface area (Å²) in [6.07, 6.45) is 7.03. The highest BCUT2D eigenvalue weighted by Gasteiger charge is 2.21. The van der Waals surface area contributed by atoms with E-state index in [1.807, 2.05) is 29.2 Å². The molecule has 2 aliphatic heterocycles. The minimum atomic E-state index is 0.151. The standard InChI is InChI=1S/C25H32N2O2/c28-25(27-17-4-5-18-27)22-10-12-23(13-11-22)29-24-14-19-26(20-15-24)16-6-9-21-7-2-1-3-8-21/h1-3,7-8,10-13,24H,4-6,9,14-20H2. The Morgan fingerprint density at radius 2 is 1.59 bits per heavy atom. The largest absolute Gasteiger partial charge is 0.490 e. The Morgan fingerprint density at radius 3 is 2.28 bits per heavy atom. The lowest BCUT2D eigenvalue weighted by Crippen LogP contribution is -2.38. The number of aryl methyl sites for hydroxylation is 1. The first kappa shape index (κ1) is 20.0. The molecule has 2 aliphatic rings. The second kappa shape index (κ2) is 9.93. The molecule has 2 aromatic carbocycles. The summed E-state index contributed by atoms with van der Waals surface area (Å²) in [5.41, 5.74) is 2.20. The van der Waals surface area contributed by atoms with Crippen LogP contribution in [0.5, 0.6) is 5.75 Å². The molecule has 2 saturated heterocycles. The van der Waals surface area contributed by atoms with Crippen LogP contribution in [0.1, 0.15) is 48.0 Å². The minimum absolute atomic E-state index is 0.151. The average molecular weight is 393 g/mol. The summed E-state index contributed by atoms with van der Waals surface area (Å²) in [5, 5.41) is 0. The molecular weight excluding hydrogens is 360 g/mol. The second-order valence-corrected chi connectivity index (χ2v) is 8.27. The molecule has 4 nitrogen and oxygen atoms in total. The Morgan fingerprint density at radius 1 is 0.897 bits per heavy atom. The number of carbonyl (C=O) groups excluding carboxylic acids is 1. The van der Waals surface area contributed by atoms with Crippen LogP contribution in [-0.4, -0.2) is 54.5 Å². The fourth-order valence-electron chi connectivity index (χ4n) is 4.37. The summed E-state index contributed by atoms with van der Waals surface area (Å²) in [7, 11) is 0. The zero-order valence-corrected chi connectivity index (χ0v) is 17.3. The van der Waals surface area contributed by atoms with E-state index in [9.17, 15) is 4.79 Å². The molecule has 4 heteroatoms. The Balaban J connectivity index is 1.18. The number of hydrogen-bond donors (Lipinski definition) is 0. The monoisotopic (exact) mass is 392 g/mol. The van der Waals surface area contributed by atoms with E-state index in [-0.39, 0.29) is 12.0 Å². The fraction of sp³-hybridized carbons (Fsp3) is 0.480. The molecule has 1 amide bonds. The van der Waals surface area contributed by atoms with Gasteiger partial charge in [-0.15, -0.1) is 0 Å². The number of piperidine rings is 1. The number of benzene rings is 2. The van der Waals surface area contributed by atoms with Gasteiger partial charge in [-0.2, -0.15) is 0 Å². The van der Waals surface area contributed by atoms with Gasteiger partial charge in [0.25, 0.3) is 5.91 Å². The maximum atomic E-state index is 12.4.